The summed E-state index contributed by atoms with van der Waals surface area (Å²) in [4.78, 5) is 15.3. The Morgan fingerprint density at radius 3 is 2.53 bits per heavy atom. The van der Waals surface area contributed by atoms with E-state index in [1.165, 1.54) is 6.92 Å². The molecule has 5 aliphatic carbocycles. The van der Waals surface area contributed by atoms with Gasteiger partial charge in [0, 0.05) is 59.0 Å². The van der Waals surface area contributed by atoms with E-state index in [4.69, 9.17) is 28.4 Å². The fraction of sp³-hybridized carbons (Fsp3) is 0.963. The van der Waals surface area contributed by atoms with Crippen molar-refractivity contribution in [2.24, 2.45) is 28.6 Å². The zero-order valence-electron chi connectivity index (χ0n) is 22.3. The van der Waals surface area contributed by atoms with E-state index in [0.29, 0.717) is 12.8 Å². The first-order valence-corrected chi connectivity index (χ1v) is 13.7. The van der Waals surface area contributed by atoms with E-state index in [2.05, 4.69) is 18.7 Å². The standard InChI is InChI=1S/C27H41NO8/c1-7-28-12-23(3)9-8-17(32-5)26-20(23)21(36-14(2)29)27(22(26)28)25(34-13-35-27)11-16(31-4)15-10-24(26,30)19(25)18(15)33-6/h15-22,30H,7-13H2,1-6H3/t15-,16+,17+,18+,19+,20+,21+,22+,23+,24+,25-,26+,27+/m1/s1. The predicted octanol–water partition coefficient (Wildman–Crippen LogP) is 1.35. The van der Waals surface area contributed by atoms with Crippen molar-refractivity contribution in [3.8, 4) is 0 Å². The Kier molecular flexibility index (Phi) is 4.87. The second-order valence-electron chi connectivity index (χ2n) is 12.9. The summed E-state index contributed by atoms with van der Waals surface area (Å²) in [5.74, 6) is -0.771. The van der Waals surface area contributed by atoms with Gasteiger partial charge in [0.05, 0.1) is 35.4 Å². The van der Waals surface area contributed by atoms with Crippen LogP contribution in [0.5, 0.6) is 0 Å². The van der Waals surface area contributed by atoms with Crippen LogP contribution >= 0.6 is 0 Å². The summed E-state index contributed by atoms with van der Waals surface area (Å²) in [7, 11) is 5.23. The third-order valence-corrected chi connectivity index (χ3v) is 12.2. The van der Waals surface area contributed by atoms with E-state index in [9.17, 15) is 9.90 Å². The highest BCUT2D eigenvalue weighted by Gasteiger charge is 2.97. The summed E-state index contributed by atoms with van der Waals surface area (Å²) in [5, 5.41) is 13.4. The molecule has 202 valence electrons. The molecule has 7 aliphatic rings. The van der Waals surface area contributed by atoms with Crippen LogP contribution in [0.25, 0.3) is 0 Å². The number of hydrogen-bond donors (Lipinski definition) is 1. The lowest BCUT2D eigenvalue weighted by molar-refractivity contribution is -0.332. The van der Waals surface area contributed by atoms with Crippen LogP contribution in [0.4, 0.5) is 0 Å². The van der Waals surface area contributed by atoms with Gasteiger partial charge in [-0.05, 0) is 31.2 Å². The summed E-state index contributed by atoms with van der Waals surface area (Å²) in [6.45, 7) is 7.72. The second-order valence-corrected chi connectivity index (χ2v) is 12.9. The van der Waals surface area contributed by atoms with Gasteiger partial charge in [-0.2, -0.15) is 0 Å². The van der Waals surface area contributed by atoms with Gasteiger partial charge in [-0.25, -0.2) is 0 Å². The molecule has 0 radical (unpaired) electrons. The highest BCUT2D eigenvalue weighted by atomic mass is 16.7. The molecule has 3 spiro atoms. The van der Waals surface area contributed by atoms with Gasteiger partial charge in [0.2, 0.25) is 0 Å². The number of likely N-dealkylation sites (N-methyl/N-ethyl adjacent to an activating group) is 1. The van der Waals surface area contributed by atoms with Crippen LogP contribution in [0.3, 0.4) is 0 Å². The Hall–Kier alpha value is -0.810. The molecule has 36 heavy (non-hydrogen) atoms. The Morgan fingerprint density at radius 2 is 1.89 bits per heavy atom. The van der Waals surface area contributed by atoms with Gasteiger partial charge in [0.1, 0.15) is 18.5 Å². The lowest BCUT2D eigenvalue weighted by Gasteiger charge is -2.71. The highest BCUT2D eigenvalue weighted by molar-refractivity contribution is 5.67. The largest absolute Gasteiger partial charge is 0.459 e. The number of carbonyl (C=O) groups is 1. The number of aliphatic hydroxyl groups is 1. The first-order valence-electron chi connectivity index (χ1n) is 13.7. The van der Waals surface area contributed by atoms with Gasteiger partial charge in [-0.3, -0.25) is 9.69 Å². The number of ether oxygens (including phenoxy) is 6. The molecule has 2 aliphatic heterocycles. The van der Waals surface area contributed by atoms with Crippen molar-refractivity contribution >= 4 is 5.97 Å². The van der Waals surface area contributed by atoms with Crippen molar-refractivity contribution in [2.45, 2.75) is 93.7 Å². The van der Waals surface area contributed by atoms with E-state index >= 15 is 0 Å². The molecule has 0 aromatic carbocycles. The van der Waals surface area contributed by atoms with Gasteiger partial charge in [-0.1, -0.05) is 13.8 Å². The lowest BCUT2D eigenvalue weighted by Crippen LogP contribution is -2.85. The van der Waals surface area contributed by atoms with Crippen LogP contribution < -0.4 is 0 Å². The number of hydrogen-bond acceptors (Lipinski definition) is 9. The Balaban J connectivity index is 1.61. The maximum atomic E-state index is 13.4. The van der Waals surface area contributed by atoms with Gasteiger partial charge in [-0.15, -0.1) is 0 Å². The van der Waals surface area contributed by atoms with Crippen LogP contribution in [-0.4, -0.2) is 104 Å². The molecular formula is C27H41NO8. The van der Waals surface area contributed by atoms with Gasteiger partial charge in [0.25, 0.3) is 0 Å². The highest BCUT2D eigenvalue weighted by Crippen LogP contribution is 2.83. The summed E-state index contributed by atoms with van der Waals surface area (Å²) >= 11 is 0. The average molecular weight is 508 g/mol. The molecule has 13 atom stereocenters. The first kappa shape index (κ1) is 24.2. The Bertz CT molecular complexity index is 979. The Morgan fingerprint density at radius 1 is 1.11 bits per heavy atom. The van der Waals surface area contributed by atoms with E-state index in [1.54, 1.807) is 21.3 Å². The van der Waals surface area contributed by atoms with E-state index in [0.717, 1.165) is 25.9 Å². The minimum Gasteiger partial charge on any atom is -0.459 e. The maximum Gasteiger partial charge on any atom is 0.303 e. The Labute approximate surface area is 213 Å². The zero-order chi connectivity index (χ0) is 25.5. The van der Waals surface area contributed by atoms with Crippen molar-refractivity contribution in [3.63, 3.8) is 0 Å². The van der Waals surface area contributed by atoms with E-state index in [-0.39, 0.29) is 60.3 Å². The molecule has 1 N–H and O–H groups in total. The topological polar surface area (TPSA) is 95.9 Å². The number of fused-ring (bicyclic) bond motifs is 1. The SMILES string of the molecule is CCN1C[C@]2(C)CC[C@H](OC)[C@]34[C@H]1[C@@]1(OCO[C@@]15C[C@H](OC)[C@H]1C[C@]3(O)[C@@H]5[C@H]1OC)[C@@H](OC(C)=O)[C@@H]24. The van der Waals surface area contributed by atoms with Crippen LogP contribution in [0.2, 0.25) is 0 Å². The van der Waals surface area contributed by atoms with Crippen molar-refractivity contribution in [1.29, 1.82) is 0 Å². The summed E-state index contributed by atoms with van der Waals surface area (Å²) in [6, 6.07) is -0.224. The van der Waals surface area contributed by atoms with Crippen molar-refractivity contribution in [3.05, 3.63) is 0 Å². The maximum absolute atomic E-state index is 13.4. The first-order chi connectivity index (χ1) is 17.2. The molecule has 9 nitrogen and oxygen atoms in total. The number of likely N-dealkylation sites (tertiary alicyclic amines) is 1. The fourth-order valence-electron chi connectivity index (χ4n) is 11.7. The third kappa shape index (κ3) is 2.16. The van der Waals surface area contributed by atoms with Crippen LogP contribution in [0.1, 0.15) is 46.5 Å². The molecular weight excluding hydrogens is 466 g/mol. The molecule has 0 aromatic rings. The number of piperidine rings is 1. The minimum atomic E-state index is -1.16. The molecule has 7 fully saturated rings. The molecule has 9 heteroatoms. The molecule has 0 aromatic heterocycles. The number of esters is 1. The molecule has 0 unspecified atom stereocenters. The molecule has 5 saturated carbocycles. The summed E-state index contributed by atoms with van der Waals surface area (Å²) in [6.07, 6.45) is 1.69. The predicted molar refractivity (Wildman–Crippen MR) is 126 cm³/mol. The van der Waals surface area contributed by atoms with E-state index < -0.39 is 28.3 Å². The molecule has 7 bridgehead atoms. The second kappa shape index (κ2) is 7.23. The quantitative estimate of drug-likeness (QED) is 0.553. The van der Waals surface area contributed by atoms with Gasteiger partial charge < -0.3 is 33.5 Å². The van der Waals surface area contributed by atoms with Gasteiger partial charge >= 0.3 is 5.97 Å². The average Bonchev–Trinajstić information content (AvgIpc) is 3.40. The van der Waals surface area contributed by atoms with Gasteiger partial charge in [0.15, 0.2) is 5.60 Å². The third-order valence-electron chi connectivity index (χ3n) is 12.2. The van der Waals surface area contributed by atoms with Crippen LogP contribution in [0.15, 0.2) is 0 Å². The minimum absolute atomic E-state index is 0.0317. The lowest BCUT2D eigenvalue weighted by atomic mass is 9.41. The van der Waals surface area contributed by atoms with Crippen molar-refractivity contribution in [1.82, 2.24) is 4.90 Å². The summed E-state index contributed by atoms with van der Waals surface area (Å²) < 4.78 is 38.7. The zero-order valence-corrected chi connectivity index (χ0v) is 22.3. The van der Waals surface area contributed by atoms with E-state index in [1.807, 2.05) is 0 Å². The molecule has 0 amide bonds. The molecule has 7 rings (SSSR count). The number of carbonyl (C=O) groups excluding carboxylic acids is 1. The fourth-order valence-corrected chi connectivity index (χ4v) is 11.7. The number of methoxy groups -OCH3 is 3. The normalized spacial score (nSPS) is 60.2. The molecule has 2 heterocycles. The van der Waals surface area contributed by atoms with Crippen LogP contribution in [0, 0.1) is 28.6 Å². The number of nitrogens with zero attached hydrogens (tertiary/aromatic N) is 1. The van der Waals surface area contributed by atoms with Crippen molar-refractivity contribution < 1.29 is 38.3 Å². The molecule has 2 saturated heterocycles. The summed E-state index contributed by atoms with van der Waals surface area (Å²) in [5.41, 5.74) is -3.94. The monoisotopic (exact) mass is 507 g/mol. The smallest absolute Gasteiger partial charge is 0.303 e. The van der Waals surface area contributed by atoms with Crippen LogP contribution in [-0.2, 0) is 33.2 Å². The number of rotatable bonds is 5. The van der Waals surface area contributed by atoms with Crippen molar-refractivity contribution in [2.75, 3.05) is 41.2 Å².